The van der Waals surface area contributed by atoms with Gasteiger partial charge in [-0.1, -0.05) is 52.3 Å². The third-order valence-electron chi connectivity index (χ3n) is 5.09. The number of hydrogen-bond acceptors (Lipinski definition) is 7. The van der Waals surface area contributed by atoms with Crippen molar-refractivity contribution in [3.63, 3.8) is 0 Å². The number of halogens is 1. The lowest BCUT2D eigenvalue weighted by atomic mass is 10.1. The van der Waals surface area contributed by atoms with Crippen LogP contribution in [0.15, 0.2) is 77.5 Å². The van der Waals surface area contributed by atoms with Crippen molar-refractivity contribution in [2.24, 2.45) is 0 Å². The topological polar surface area (TPSA) is 82.6 Å². The molecule has 3 aromatic carbocycles. The Bertz CT molecular complexity index is 1270. The Hall–Kier alpha value is -3.65. The molecule has 7 nitrogen and oxygen atoms in total. The van der Waals surface area contributed by atoms with Crippen LogP contribution in [0.3, 0.4) is 0 Å². The van der Waals surface area contributed by atoms with Gasteiger partial charge in [-0.3, -0.25) is 0 Å². The van der Waals surface area contributed by atoms with Gasteiger partial charge in [-0.05, 0) is 29.8 Å². The van der Waals surface area contributed by atoms with Gasteiger partial charge in [0.2, 0.25) is 0 Å². The maximum Gasteiger partial charge on any atom is 0.338 e. The van der Waals surface area contributed by atoms with Gasteiger partial charge in [0.25, 0.3) is 0 Å². The second-order valence-electron chi connectivity index (χ2n) is 7.16. The molecule has 0 aliphatic rings. The number of benzene rings is 3. The lowest BCUT2D eigenvalue weighted by Crippen LogP contribution is -2.20. The minimum absolute atomic E-state index is 0.105. The van der Waals surface area contributed by atoms with E-state index in [9.17, 15) is 4.79 Å². The third kappa shape index (κ3) is 5.23. The number of esters is 1. The maximum absolute atomic E-state index is 12.6. The molecule has 0 aliphatic heterocycles. The lowest BCUT2D eigenvalue weighted by Gasteiger charge is -2.21. The summed E-state index contributed by atoms with van der Waals surface area (Å²) >= 11 is 3.38. The molecule has 0 fully saturated rings. The molecule has 0 spiro atoms. The number of carbonyl (C=O) groups is 1. The molecule has 4 aromatic rings. The molecule has 0 amide bonds. The quantitative estimate of drug-likeness (QED) is 0.318. The van der Waals surface area contributed by atoms with Crippen molar-refractivity contribution in [2.75, 3.05) is 26.1 Å². The van der Waals surface area contributed by atoms with Crippen molar-refractivity contribution < 1.29 is 19.0 Å². The minimum atomic E-state index is -0.405. The predicted octanol–water partition coefficient (Wildman–Crippen LogP) is 5.42. The van der Waals surface area contributed by atoms with Gasteiger partial charge in [0, 0.05) is 15.9 Å². The molecule has 0 bridgehead atoms. The molecule has 33 heavy (non-hydrogen) atoms. The second-order valence-corrected chi connectivity index (χ2v) is 8.08. The monoisotopic (exact) mass is 507 g/mol. The van der Waals surface area contributed by atoms with Crippen LogP contribution in [0.5, 0.6) is 11.5 Å². The molecule has 1 unspecified atom stereocenters. The van der Waals surface area contributed by atoms with E-state index in [4.69, 9.17) is 14.2 Å². The average Bonchev–Trinajstić information content (AvgIpc) is 2.86. The van der Waals surface area contributed by atoms with E-state index in [1.807, 2.05) is 42.5 Å². The molecule has 168 valence electrons. The fourth-order valence-corrected chi connectivity index (χ4v) is 3.83. The molecule has 0 saturated carbocycles. The highest BCUT2D eigenvalue weighted by atomic mass is 79.9. The van der Waals surface area contributed by atoms with E-state index < -0.39 is 5.97 Å². The lowest BCUT2D eigenvalue weighted by molar-refractivity contribution is 0.0488. The molecule has 0 radical (unpaired) electrons. The van der Waals surface area contributed by atoms with Crippen molar-refractivity contribution in [2.45, 2.75) is 6.04 Å². The zero-order chi connectivity index (χ0) is 23.2. The fraction of sp³-hybridized carbons (Fsp3) is 0.160. The van der Waals surface area contributed by atoms with Gasteiger partial charge in [0.1, 0.15) is 18.8 Å². The molecule has 0 saturated heterocycles. The number of carbonyl (C=O) groups excluding carboxylic acids is 1. The maximum atomic E-state index is 12.6. The number of nitrogens with one attached hydrogen (secondary N) is 1. The van der Waals surface area contributed by atoms with E-state index in [1.165, 1.54) is 6.33 Å². The van der Waals surface area contributed by atoms with Crippen LogP contribution in [-0.4, -0.2) is 36.8 Å². The Kier molecular flexibility index (Phi) is 7.04. The summed E-state index contributed by atoms with van der Waals surface area (Å²) < 4.78 is 17.3. The Morgan fingerprint density at radius 1 is 0.970 bits per heavy atom. The summed E-state index contributed by atoms with van der Waals surface area (Å²) in [6, 6.07) is 20.1. The first-order valence-electron chi connectivity index (χ1n) is 10.2. The molecular weight excluding hydrogens is 486 g/mol. The first-order valence-corrected chi connectivity index (χ1v) is 11.0. The van der Waals surface area contributed by atoms with Crippen LogP contribution in [0, 0.1) is 0 Å². The summed E-state index contributed by atoms with van der Waals surface area (Å²) in [5, 5.41) is 4.17. The van der Waals surface area contributed by atoms with E-state index in [0.717, 1.165) is 15.4 Å². The zero-order valence-electron chi connectivity index (χ0n) is 18.1. The summed E-state index contributed by atoms with van der Waals surface area (Å²) in [7, 11) is 3.16. The minimum Gasteiger partial charge on any atom is -0.493 e. The summed E-state index contributed by atoms with van der Waals surface area (Å²) in [4.78, 5) is 21.4. The van der Waals surface area contributed by atoms with Crippen molar-refractivity contribution in [3.05, 3.63) is 88.7 Å². The van der Waals surface area contributed by atoms with Gasteiger partial charge in [0.05, 0.1) is 31.3 Å². The van der Waals surface area contributed by atoms with Gasteiger partial charge in [-0.25, -0.2) is 14.8 Å². The van der Waals surface area contributed by atoms with Crippen molar-refractivity contribution in [1.82, 2.24) is 9.97 Å². The van der Waals surface area contributed by atoms with Crippen molar-refractivity contribution in [3.8, 4) is 11.5 Å². The highest BCUT2D eigenvalue weighted by Crippen LogP contribution is 2.34. The highest BCUT2D eigenvalue weighted by Gasteiger charge is 2.18. The van der Waals surface area contributed by atoms with Crippen LogP contribution >= 0.6 is 15.9 Å². The number of nitrogens with zero attached hydrogens (tertiary/aromatic N) is 2. The summed E-state index contributed by atoms with van der Waals surface area (Å²) in [6.45, 7) is 0.105. The zero-order valence-corrected chi connectivity index (χ0v) is 19.7. The van der Waals surface area contributed by atoms with E-state index in [-0.39, 0.29) is 12.6 Å². The normalized spacial score (nSPS) is 11.6. The Labute approximate surface area is 199 Å². The van der Waals surface area contributed by atoms with E-state index in [0.29, 0.717) is 28.4 Å². The predicted molar refractivity (Wildman–Crippen MR) is 130 cm³/mol. The molecule has 0 aliphatic carbocycles. The van der Waals surface area contributed by atoms with Crippen LogP contribution in [-0.2, 0) is 4.74 Å². The number of methoxy groups -OCH3 is 2. The number of aromatic nitrogens is 2. The highest BCUT2D eigenvalue weighted by molar-refractivity contribution is 9.10. The molecule has 1 N–H and O–H groups in total. The van der Waals surface area contributed by atoms with Gasteiger partial charge >= 0.3 is 5.97 Å². The Morgan fingerprint density at radius 3 is 2.45 bits per heavy atom. The molecule has 4 rings (SSSR count). The number of rotatable bonds is 8. The molecule has 1 atom stereocenters. The summed E-state index contributed by atoms with van der Waals surface area (Å²) in [5.41, 5.74) is 2.12. The Balaban J connectivity index is 1.63. The van der Waals surface area contributed by atoms with Crippen LogP contribution in [0.4, 0.5) is 5.82 Å². The average molecular weight is 508 g/mol. The standard InChI is InChI=1S/C25H22BrN3O4/c1-31-22-12-19-20(13-23(22)32-2)27-15-28-24(19)29-21(16-7-4-3-5-8-16)14-33-25(30)17-9-6-10-18(26)11-17/h3-13,15,21H,14H2,1-2H3,(H,27,28,29). The first kappa shape index (κ1) is 22.5. The largest absolute Gasteiger partial charge is 0.493 e. The summed E-state index contributed by atoms with van der Waals surface area (Å²) in [6.07, 6.45) is 1.48. The van der Waals surface area contributed by atoms with Gasteiger partial charge < -0.3 is 19.5 Å². The van der Waals surface area contributed by atoms with Gasteiger partial charge in [-0.2, -0.15) is 0 Å². The molecule has 1 heterocycles. The second kappa shape index (κ2) is 10.3. The van der Waals surface area contributed by atoms with Gasteiger partial charge in [-0.15, -0.1) is 0 Å². The van der Waals surface area contributed by atoms with Crippen molar-refractivity contribution >= 4 is 38.6 Å². The molecule has 1 aromatic heterocycles. The SMILES string of the molecule is COc1cc2ncnc(NC(COC(=O)c3cccc(Br)c3)c3ccccc3)c2cc1OC. The number of fused-ring (bicyclic) bond motifs is 1. The molecule has 8 heteroatoms. The number of ether oxygens (including phenoxy) is 3. The van der Waals surface area contributed by atoms with Crippen LogP contribution in [0.2, 0.25) is 0 Å². The third-order valence-corrected chi connectivity index (χ3v) is 5.59. The number of anilines is 1. The van der Waals surface area contributed by atoms with Crippen LogP contribution < -0.4 is 14.8 Å². The first-order chi connectivity index (χ1) is 16.1. The van der Waals surface area contributed by atoms with E-state index in [2.05, 4.69) is 31.2 Å². The smallest absolute Gasteiger partial charge is 0.338 e. The number of hydrogen-bond donors (Lipinski definition) is 1. The van der Waals surface area contributed by atoms with E-state index >= 15 is 0 Å². The van der Waals surface area contributed by atoms with Gasteiger partial charge in [0.15, 0.2) is 11.5 Å². The molecular formula is C25H22BrN3O4. The van der Waals surface area contributed by atoms with E-state index in [1.54, 1.807) is 38.5 Å². The fourth-order valence-electron chi connectivity index (χ4n) is 3.43. The summed E-state index contributed by atoms with van der Waals surface area (Å²) in [5.74, 6) is 1.34. The van der Waals surface area contributed by atoms with Crippen molar-refractivity contribution in [1.29, 1.82) is 0 Å². The van der Waals surface area contributed by atoms with Crippen LogP contribution in [0.1, 0.15) is 22.0 Å². The Morgan fingerprint density at radius 2 is 1.73 bits per heavy atom. The van der Waals surface area contributed by atoms with Crippen LogP contribution in [0.25, 0.3) is 10.9 Å².